The van der Waals surface area contributed by atoms with Crippen molar-refractivity contribution >= 4 is 5.91 Å². The number of imidazole rings is 1. The second-order valence-corrected chi connectivity index (χ2v) is 5.35. The van der Waals surface area contributed by atoms with Gasteiger partial charge in [-0.15, -0.1) is 0 Å². The first kappa shape index (κ1) is 14.6. The summed E-state index contributed by atoms with van der Waals surface area (Å²) < 4.78 is 28.0. The van der Waals surface area contributed by atoms with Crippen molar-refractivity contribution < 1.29 is 13.6 Å². The van der Waals surface area contributed by atoms with Crippen LogP contribution < -0.4 is 10.6 Å². The Balaban J connectivity index is 1.60. The predicted molar refractivity (Wildman–Crippen MR) is 76.8 cm³/mol. The average molecular weight is 306 g/mol. The monoisotopic (exact) mass is 306 g/mol. The number of rotatable bonds is 4. The van der Waals surface area contributed by atoms with Gasteiger partial charge < -0.3 is 9.88 Å². The molecule has 0 aliphatic carbocycles. The van der Waals surface area contributed by atoms with E-state index in [2.05, 4.69) is 15.6 Å². The number of alkyl halides is 2. The van der Waals surface area contributed by atoms with Gasteiger partial charge in [-0.05, 0) is 17.7 Å². The van der Waals surface area contributed by atoms with Crippen LogP contribution in [0.5, 0.6) is 0 Å². The maximum atomic E-state index is 13.1. The third-order valence-corrected chi connectivity index (χ3v) is 3.61. The molecule has 1 fully saturated rings. The van der Waals surface area contributed by atoms with Gasteiger partial charge in [-0.25, -0.2) is 13.8 Å². The van der Waals surface area contributed by atoms with Crippen LogP contribution in [0.3, 0.4) is 0 Å². The summed E-state index contributed by atoms with van der Waals surface area (Å²) in [5, 5.41) is 5.23. The quantitative estimate of drug-likeness (QED) is 0.900. The minimum atomic E-state index is -2.80. The van der Waals surface area contributed by atoms with Gasteiger partial charge in [0.25, 0.3) is 5.92 Å². The van der Waals surface area contributed by atoms with Crippen molar-refractivity contribution in [3.05, 3.63) is 48.5 Å². The van der Waals surface area contributed by atoms with Gasteiger partial charge in [-0.2, -0.15) is 0 Å². The molecule has 0 radical (unpaired) electrons. The number of benzene rings is 1. The van der Waals surface area contributed by atoms with Gasteiger partial charge in [0.15, 0.2) is 0 Å². The summed E-state index contributed by atoms with van der Waals surface area (Å²) >= 11 is 0. The van der Waals surface area contributed by atoms with Crippen LogP contribution in [0.25, 0.3) is 5.69 Å². The van der Waals surface area contributed by atoms with Crippen LogP contribution in [0.15, 0.2) is 43.0 Å². The Morgan fingerprint density at radius 2 is 2.36 bits per heavy atom. The molecule has 2 N–H and O–H groups in total. The molecule has 2 heterocycles. The topological polar surface area (TPSA) is 59.0 Å². The minimum Gasteiger partial charge on any atom is -0.351 e. The summed E-state index contributed by atoms with van der Waals surface area (Å²) in [6.07, 6.45) is 4.73. The van der Waals surface area contributed by atoms with Gasteiger partial charge in [-0.3, -0.25) is 10.1 Å². The fourth-order valence-corrected chi connectivity index (χ4v) is 2.45. The van der Waals surface area contributed by atoms with Crippen LogP contribution >= 0.6 is 0 Å². The summed E-state index contributed by atoms with van der Waals surface area (Å²) in [4.78, 5) is 15.9. The van der Waals surface area contributed by atoms with Crippen LogP contribution in [0, 0.1) is 0 Å². The molecule has 0 bridgehead atoms. The highest BCUT2D eigenvalue weighted by Crippen LogP contribution is 2.25. The molecule has 1 saturated heterocycles. The zero-order valence-electron chi connectivity index (χ0n) is 11.8. The molecule has 2 aromatic rings. The number of halogens is 2. The third kappa shape index (κ3) is 3.30. The van der Waals surface area contributed by atoms with Crippen molar-refractivity contribution in [2.75, 3.05) is 6.54 Å². The Morgan fingerprint density at radius 3 is 3.05 bits per heavy atom. The van der Waals surface area contributed by atoms with E-state index in [1.165, 1.54) is 0 Å². The molecule has 22 heavy (non-hydrogen) atoms. The molecule has 7 heteroatoms. The first-order valence-electron chi connectivity index (χ1n) is 7.00. The fourth-order valence-electron chi connectivity index (χ4n) is 2.45. The van der Waals surface area contributed by atoms with Crippen molar-refractivity contribution in [1.82, 2.24) is 20.2 Å². The van der Waals surface area contributed by atoms with Crippen LogP contribution in [0.4, 0.5) is 8.78 Å². The molecule has 1 aromatic carbocycles. The average Bonchev–Trinajstić information content (AvgIpc) is 3.14. The number of carbonyl (C=O) groups excluding carboxylic acids is 1. The van der Waals surface area contributed by atoms with Crippen molar-refractivity contribution in [1.29, 1.82) is 0 Å². The van der Waals surface area contributed by atoms with Gasteiger partial charge in [0.2, 0.25) is 5.91 Å². The number of nitrogens with one attached hydrogen (secondary N) is 2. The van der Waals surface area contributed by atoms with Crippen LogP contribution in [0.1, 0.15) is 12.0 Å². The first-order chi connectivity index (χ1) is 10.5. The van der Waals surface area contributed by atoms with Crippen molar-refractivity contribution in [3.63, 3.8) is 0 Å². The molecule has 1 aliphatic rings. The van der Waals surface area contributed by atoms with E-state index in [1.54, 1.807) is 12.5 Å². The number of hydrogen-bond acceptors (Lipinski definition) is 3. The summed E-state index contributed by atoms with van der Waals surface area (Å²) in [5.74, 6) is -3.20. The SMILES string of the molecule is O=C(NCc1cccc(-n2ccnc2)c1)C1CC(F)(F)CN1. The molecule has 3 rings (SSSR count). The second-order valence-electron chi connectivity index (χ2n) is 5.35. The molecule has 0 saturated carbocycles. The Labute approximate surface area is 126 Å². The molecule has 116 valence electrons. The summed E-state index contributed by atoms with van der Waals surface area (Å²) in [6, 6.07) is 6.76. The summed E-state index contributed by atoms with van der Waals surface area (Å²) in [5.41, 5.74) is 1.82. The highest BCUT2D eigenvalue weighted by Gasteiger charge is 2.42. The molecule has 1 aliphatic heterocycles. The third-order valence-electron chi connectivity index (χ3n) is 3.61. The van der Waals surface area contributed by atoms with Crippen molar-refractivity contribution in [2.24, 2.45) is 0 Å². The van der Waals surface area contributed by atoms with Gasteiger partial charge in [0.05, 0.1) is 18.9 Å². The lowest BCUT2D eigenvalue weighted by Crippen LogP contribution is -2.40. The second kappa shape index (κ2) is 5.84. The maximum Gasteiger partial charge on any atom is 0.262 e. The molecule has 0 spiro atoms. The lowest BCUT2D eigenvalue weighted by molar-refractivity contribution is -0.123. The van der Waals surface area contributed by atoms with Crippen LogP contribution in [0.2, 0.25) is 0 Å². The summed E-state index contributed by atoms with van der Waals surface area (Å²) in [6.45, 7) is -0.147. The highest BCUT2D eigenvalue weighted by molar-refractivity contribution is 5.82. The highest BCUT2D eigenvalue weighted by atomic mass is 19.3. The van der Waals surface area contributed by atoms with E-state index in [9.17, 15) is 13.6 Å². The van der Waals surface area contributed by atoms with Gasteiger partial charge >= 0.3 is 0 Å². The van der Waals surface area contributed by atoms with Gasteiger partial charge in [0.1, 0.15) is 0 Å². The lowest BCUT2D eigenvalue weighted by atomic mass is 10.1. The standard InChI is InChI=1S/C15H16F2N4O/c16-15(17)7-13(20-9-15)14(22)19-8-11-2-1-3-12(6-11)21-5-4-18-10-21/h1-6,10,13,20H,7-9H2,(H,19,22). The Bertz CT molecular complexity index is 657. The van der Waals surface area contributed by atoms with E-state index in [1.807, 2.05) is 35.0 Å². The van der Waals surface area contributed by atoms with E-state index in [0.717, 1.165) is 11.3 Å². The Hall–Kier alpha value is -2.28. The molecule has 1 atom stereocenters. The molecular weight excluding hydrogens is 290 g/mol. The predicted octanol–water partition coefficient (Wildman–Crippen LogP) is 1.49. The molecule has 5 nitrogen and oxygen atoms in total. The minimum absolute atomic E-state index is 0.297. The Morgan fingerprint density at radius 1 is 1.50 bits per heavy atom. The normalized spacial score (nSPS) is 20.0. The van der Waals surface area contributed by atoms with E-state index in [-0.39, 0.29) is 0 Å². The van der Waals surface area contributed by atoms with Crippen molar-refractivity contribution in [3.8, 4) is 5.69 Å². The zero-order chi connectivity index (χ0) is 15.6. The number of carbonyl (C=O) groups is 1. The number of hydrogen-bond donors (Lipinski definition) is 2. The maximum absolute atomic E-state index is 13.1. The van der Waals surface area contributed by atoms with E-state index in [0.29, 0.717) is 6.54 Å². The fraction of sp³-hybridized carbons (Fsp3) is 0.333. The number of nitrogens with zero attached hydrogens (tertiary/aromatic N) is 2. The molecule has 1 amide bonds. The molecule has 1 unspecified atom stereocenters. The zero-order valence-corrected chi connectivity index (χ0v) is 11.8. The largest absolute Gasteiger partial charge is 0.351 e. The molecule has 1 aromatic heterocycles. The summed E-state index contributed by atoms with van der Waals surface area (Å²) in [7, 11) is 0. The Kier molecular flexibility index (Phi) is 3.89. The van der Waals surface area contributed by atoms with Gasteiger partial charge in [0, 0.05) is 31.0 Å². The van der Waals surface area contributed by atoms with E-state index in [4.69, 9.17) is 0 Å². The van der Waals surface area contributed by atoms with E-state index >= 15 is 0 Å². The number of amides is 1. The van der Waals surface area contributed by atoms with Crippen LogP contribution in [-0.4, -0.2) is 34.0 Å². The van der Waals surface area contributed by atoms with Crippen molar-refractivity contribution in [2.45, 2.75) is 24.9 Å². The van der Waals surface area contributed by atoms with E-state index < -0.39 is 30.8 Å². The van der Waals surface area contributed by atoms with Crippen LogP contribution in [-0.2, 0) is 11.3 Å². The lowest BCUT2D eigenvalue weighted by Gasteiger charge is -2.12. The smallest absolute Gasteiger partial charge is 0.262 e. The first-order valence-corrected chi connectivity index (χ1v) is 7.00. The van der Waals surface area contributed by atoms with Gasteiger partial charge in [-0.1, -0.05) is 12.1 Å². The number of aromatic nitrogens is 2. The molecular formula is C15H16F2N4O.